The van der Waals surface area contributed by atoms with E-state index in [0.717, 1.165) is 11.5 Å². The Labute approximate surface area is 100 Å². The Morgan fingerprint density at radius 1 is 0.938 bits per heavy atom. The van der Waals surface area contributed by atoms with Crippen molar-refractivity contribution < 1.29 is 4.74 Å². The quantitative estimate of drug-likeness (QED) is 0.717. The predicted molar refractivity (Wildman–Crippen MR) is 69.5 cm³/mol. The Bertz CT molecular complexity index is 462. The Balaban J connectivity index is 2.14. The second-order valence-electron chi connectivity index (χ2n) is 3.59. The van der Waals surface area contributed by atoms with E-state index in [4.69, 9.17) is 4.74 Å². The van der Waals surface area contributed by atoms with E-state index in [1.54, 1.807) is 11.8 Å². The zero-order valence-electron chi connectivity index (χ0n) is 9.44. The fraction of sp³-hybridized carbons (Fsp3) is 0.143. The Morgan fingerprint density at radius 3 is 2.31 bits per heavy atom. The van der Waals surface area contributed by atoms with Crippen molar-refractivity contribution in [1.29, 1.82) is 0 Å². The standard InChI is InChI=1S/C14H14OS/c1-11-4-3-5-13(10-11)15-12-6-8-14(16-2)9-7-12/h3-10H,1-2H3. The number of benzene rings is 2. The maximum absolute atomic E-state index is 5.75. The average Bonchev–Trinajstić information content (AvgIpc) is 2.30. The molecule has 0 atom stereocenters. The lowest BCUT2D eigenvalue weighted by molar-refractivity contribution is 0.482. The van der Waals surface area contributed by atoms with Crippen LogP contribution in [-0.4, -0.2) is 6.26 Å². The molecule has 0 saturated heterocycles. The lowest BCUT2D eigenvalue weighted by Crippen LogP contribution is -1.84. The highest BCUT2D eigenvalue weighted by molar-refractivity contribution is 7.98. The summed E-state index contributed by atoms with van der Waals surface area (Å²) in [6, 6.07) is 16.2. The van der Waals surface area contributed by atoms with Gasteiger partial charge in [0.1, 0.15) is 11.5 Å². The van der Waals surface area contributed by atoms with Crippen molar-refractivity contribution in [3.63, 3.8) is 0 Å². The van der Waals surface area contributed by atoms with Gasteiger partial charge in [0.25, 0.3) is 0 Å². The normalized spacial score (nSPS) is 10.1. The number of thioether (sulfide) groups is 1. The first kappa shape index (κ1) is 11.1. The average molecular weight is 230 g/mol. The van der Waals surface area contributed by atoms with Crippen LogP contribution in [0.25, 0.3) is 0 Å². The highest BCUT2D eigenvalue weighted by Gasteiger charge is 1.97. The van der Waals surface area contributed by atoms with E-state index in [1.807, 2.05) is 30.3 Å². The monoisotopic (exact) mass is 230 g/mol. The zero-order valence-corrected chi connectivity index (χ0v) is 10.3. The molecule has 0 spiro atoms. The summed E-state index contributed by atoms with van der Waals surface area (Å²) < 4.78 is 5.75. The third-order valence-electron chi connectivity index (χ3n) is 2.28. The van der Waals surface area contributed by atoms with Crippen molar-refractivity contribution in [3.05, 3.63) is 54.1 Å². The molecule has 2 aromatic carbocycles. The molecule has 0 unspecified atom stereocenters. The largest absolute Gasteiger partial charge is 0.457 e. The highest BCUT2D eigenvalue weighted by atomic mass is 32.2. The summed E-state index contributed by atoms with van der Waals surface area (Å²) in [7, 11) is 0. The summed E-state index contributed by atoms with van der Waals surface area (Å²) in [5.41, 5.74) is 1.21. The van der Waals surface area contributed by atoms with E-state index < -0.39 is 0 Å². The molecule has 0 bridgehead atoms. The molecular weight excluding hydrogens is 216 g/mol. The number of hydrogen-bond donors (Lipinski definition) is 0. The smallest absolute Gasteiger partial charge is 0.127 e. The number of ether oxygens (including phenoxy) is 1. The van der Waals surface area contributed by atoms with Crippen molar-refractivity contribution in [2.45, 2.75) is 11.8 Å². The summed E-state index contributed by atoms with van der Waals surface area (Å²) in [4.78, 5) is 1.25. The summed E-state index contributed by atoms with van der Waals surface area (Å²) >= 11 is 1.73. The maximum Gasteiger partial charge on any atom is 0.127 e. The van der Waals surface area contributed by atoms with E-state index in [9.17, 15) is 0 Å². The number of hydrogen-bond acceptors (Lipinski definition) is 2. The van der Waals surface area contributed by atoms with Gasteiger partial charge in [-0.2, -0.15) is 0 Å². The van der Waals surface area contributed by atoms with Crippen molar-refractivity contribution in [2.24, 2.45) is 0 Å². The lowest BCUT2D eigenvalue weighted by Gasteiger charge is -2.06. The minimum atomic E-state index is 0.878. The SMILES string of the molecule is CSc1ccc(Oc2cccc(C)c2)cc1. The molecule has 2 heteroatoms. The molecule has 0 radical (unpaired) electrons. The molecule has 0 saturated carbocycles. The Kier molecular flexibility index (Phi) is 3.52. The van der Waals surface area contributed by atoms with Crippen LogP contribution in [0.5, 0.6) is 11.5 Å². The number of rotatable bonds is 3. The van der Waals surface area contributed by atoms with Gasteiger partial charge in [-0.25, -0.2) is 0 Å². The van der Waals surface area contributed by atoms with Crippen LogP contribution in [-0.2, 0) is 0 Å². The minimum absolute atomic E-state index is 0.878. The molecular formula is C14H14OS. The van der Waals surface area contributed by atoms with Crippen LogP contribution in [0.3, 0.4) is 0 Å². The van der Waals surface area contributed by atoms with Crippen LogP contribution in [0.4, 0.5) is 0 Å². The Morgan fingerprint density at radius 2 is 1.69 bits per heavy atom. The van der Waals surface area contributed by atoms with Gasteiger partial charge in [-0.3, -0.25) is 0 Å². The summed E-state index contributed by atoms with van der Waals surface area (Å²) in [5, 5.41) is 0. The van der Waals surface area contributed by atoms with Gasteiger partial charge >= 0.3 is 0 Å². The third kappa shape index (κ3) is 2.80. The molecule has 0 amide bonds. The fourth-order valence-electron chi connectivity index (χ4n) is 1.46. The molecule has 1 nitrogen and oxygen atoms in total. The van der Waals surface area contributed by atoms with Crippen molar-refractivity contribution in [1.82, 2.24) is 0 Å². The van der Waals surface area contributed by atoms with Crippen molar-refractivity contribution in [3.8, 4) is 11.5 Å². The molecule has 0 N–H and O–H groups in total. The third-order valence-corrected chi connectivity index (χ3v) is 3.03. The first-order valence-corrected chi connectivity index (χ1v) is 6.39. The highest BCUT2D eigenvalue weighted by Crippen LogP contribution is 2.24. The van der Waals surface area contributed by atoms with Gasteiger partial charge in [0, 0.05) is 4.90 Å². The molecule has 0 aliphatic heterocycles. The predicted octanol–water partition coefficient (Wildman–Crippen LogP) is 4.51. The van der Waals surface area contributed by atoms with Crippen molar-refractivity contribution >= 4 is 11.8 Å². The lowest BCUT2D eigenvalue weighted by atomic mass is 10.2. The van der Waals surface area contributed by atoms with Crippen LogP contribution in [0.2, 0.25) is 0 Å². The van der Waals surface area contributed by atoms with Crippen LogP contribution in [0.1, 0.15) is 5.56 Å². The Hall–Kier alpha value is -1.41. The fourth-order valence-corrected chi connectivity index (χ4v) is 1.87. The summed E-state index contributed by atoms with van der Waals surface area (Å²) in [6.45, 7) is 2.06. The van der Waals surface area contributed by atoms with Gasteiger partial charge in [-0.05, 0) is 55.1 Å². The summed E-state index contributed by atoms with van der Waals surface area (Å²) in [5.74, 6) is 1.76. The summed E-state index contributed by atoms with van der Waals surface area (Å²) in [6.07, 6.45) is 2.07. The molecule has 82 valence electrons. The maximum atomic E-state index is 5.75. The molecule has 0 aliphatic carbocycles. The molecule has 0 aromatic heterocycles. The van der Waals surface area contributed by atoms with E-state index in [2.05, 4.69) is 31.4 Å². The van der Waals surface area contributed by atoms with Crippen LogP contribution in [0, 0.1) is 6.92 Å². The van der Waals surface area contributed by atoms with Gasteiger partial charge in [0.2, 0.25) is 0 Å². The second-order valence-corrected chi connectivity index (χ2v) is 4.47. The first-order valence-electron chi connectivity index (χ1n) is 5.16. The van der Waals surface area contributed by atoms with Gasteiger partial charge in [-0.1, -0.05) is 12.1 Å². The van der Waals surface area contributed by atoms with Crippen molar-refractivity contribution in [2.75, 3.05) is 6.26 Å². The van der Waals surface area contributed by atoms with Gasteiger partial charge < -0.3 is 4.74 Å². The molecule has 0 heterocycles. The van der Waals surface area contributed by atoms with Crippen LogP contribution < -0.4 is 4.74 Å². The van der Waals surface area contributed by atoms with Gasteiger partial charge in [0.15, 0.2) is 0 Å². The van der Waals surface area contributed by atoms with Crippen LogP contribution >= 0.6 is 11.8 Å². The van der Waals surface area contributed by atoms with E-state index in [1.165, 1.54) is 10.5 Å². The van der Waals surface area contributed by atoms with Gasteiger partial charge in [0.05, 0.1) is 0 Å². The molecule has 0 aliphatic rings. The molecule has 2 aromatic rings. The van der Waals surface area contributed by atoms with E-state index >= 15 is 0 Å². The van der Waals surface area contributed by atoms with Crippen LogP contribution in [0.15, 0.2) is 53.4 Å². The van der Waals surface area contributed by atoms with E-state index in [-0.39, 0.29) is 0 Å². The molecule has 0 fully saturated rings. The zero-order chi connectivity index (χ0) is 11.4. The molecule has 2 rings (SSSR count). The second kappa shape index (κ2) is 5.08. The minimum Gasteiger partial charge on any atom is -0.457 e. The van der Waals surface area contributed by atoms with E-state index in [0.29, 0.717) is 0 Å². The molecule has 16 heavy (non-hydrogen) atoms. The number of aryl methyl sites for hydroxylation is 1. The van der Waals surface area contributed by atoms with Gasteiger partial charge in [-0.15, -0.1) is 11.8 Å². The first-order chi connectivity index (χ1) is 7.78. The topological polar surface area (TPSA) is 9.23 Å².